The molecule has 0 atom stereocenters. The number of benzene rings is 2. The van der Waals surface area contributed by atoms with Crippen molar-refractivity contribution in [2.45, 2.75) is 0 Å². The first kappa shape index (κ1) is 21.8. The molecule has 1 amide bonds. The standard InChI is InChI=1S/C22H16N4O6S2/c1-30-14-3-5-16-19(11-14)34-22(24-16)25(23-12-15-4-7-20(33-15)26(28)29)21(27)13-2-6-17-18(10-13)32-9-8-31-17/h2-7,10-12H,8-9H2,1H3/b23-12+. The zero-order valence-electron chi connectivity index (χ0n) is 17.7. The van der Waals surface area contributed by atoms with Gasteiger partial charge in [-0.3, -0.25) is 14.9 Å². The number of carbonyl (C=O) groups is 1. The van der Waals surface area contributed by atoms with E-state index in [0.29, 0.717) is 51.6 Å². The van der Waals surface area contributed by atoms with Gasteiger partial charge in [0, 0.05) is 11.6 Å². The van der Waals surface area contributed by atoms with Gasteiger partial charge in [-0.2, -0.15) is 10.1 Å². The normalized spacial score (nSPS) is 12.7. The van der Waals surface area contributed by atoms with Crippen molar-refractivity contribution in [2.24, 2.45) is 5.10 Å². The molecule has 0 spiro atoms. The molecular weight excluding hydrogens is 480 g/mol. The molecule has 3 heterocycles. The molecule has 0 saturated heterocycles. The van der Waals surface area contributed by atoms with Crippen LogP contribution in [0.4, 0.5) is 10.1 Å². The van der Waals surface area contributed by atoms with Gasteiger partial charge in [0.2, 0.25) is 5.13 Å². The summed E-state index contributed by atoms with van der Waals surface area (Å²) in [6, 6.07) is 13.3. The summed E-state index contributed by atoms with van der Waals surface area (Å²) >= 11 is 2.23. The van der Waals surface area contributed by atoms with Crippen molar-refractivity contribution in [3.8, 4) is 17.2 Å². The molecule has 2 aromatic heterocycles. The van der Waals surface area contributed by atoms with Gasteiger partial charge < -0.3 is 14.2 Å². The molecule has 1 aliphatic heterocycles. The second kappa shape index (κ2) is 9.08. The number of hydrogen-bond acceptors (Lipinski definition) is 10. The Bertz CT molecular complexity index is 1430. The van der Waals surface area contributed by atoms with Crippen LogP contribution < -0.4 is 19.2 Å². The van der Waals surface area contributed by atoms with Crippen molar-refractivity contribution >= 4 is 55.1 Å². The molecule has 5 rings (SSSR count). The van der Waals surface area contributed by atoms with Crippen LogP contribution in [0, 0.1) is 10.1 Å². The van der Waals surface area contributed by atoms with E-state index in [-0.39, 0.29) is 5.00 Å². The van der Waals surface area contributed by atoms with Gasteiger partial charge in [-0.1, -0.05) is 22.7 Å². The zero-order valence-corrected chi connectivity index (χ0v) is 19.3. The van der Waals surface area contributed by atoms with Crippen molar-refractivity contribution in [1.29, 1.82) is 0 Å². The highest BCUT2D eigenvalue weighted by atomic mass is 32.1. The minimum Gasteiger partial charge on any atom is -0.497 e. The van der Waals surface area contributed by atoms with E-state index in [1.54, 1.807) is 43.5 Å². The molecule has 0 bridgehead atoms. The fourth-order valence-electron chi connectivity index (χ4n) is 3.22. The number of carbonyl (C=O) groups excluding carboxylic acids is 1. The summed E-state index contributed by atoms with van der Waals surface area (Å²) in [5.41, 5.74) is 1.01. The third kappa shape index (κ3) is 4.28. The van der Waals surface area contributed by atoms with Crippen LogP contribution in [0.3, 0.4) is 0 Å². The predicted molar refractivity (Wildman–Crippen MR) is 129 cm³/mol. The summed E-state index contributed by atoms with van der Waals surface area (Å²) in [7, 11) is 1.57. The second-order valence-corrected chi connectivity index (χ2v) is 9.09. The average molecular weight is 497 g/mol. The molecule has 10 nitrogen and oxygen atoms in total. The van der Waals surface area contributed by atoms with Crippen LogP contribution in [0.15, 0.2) is 53.6 Å². The van der Waals surface area contributed by atoms with E-state index >= 15 is 0 Å². The quantitative estimate of drug-likeness (QED) is 0.215. The number of thiazole rings is 1. The Balaban J connectivity index is 1.54. The van der Waals surface area contributed by atoms with Crippen molar-refractivity contribution in [3.05, 3.63) is 69.1 Å². The van der Waals surface area contributed by atoms with E-state index in [9.17, 15) is 14.9 Å². The van der Waals surface area contributed by atoms with Gasteiger partial charge in [-0.15, -0.1) is 0 Å². The first-order valence-electron chi connectivity index (χ1n) is 9.99. The number of thiophene rings is 1. The maximum atomic E-state index is 13.5. The number of fused-ring (bicyclic) bond motifs is 2. The van der Waals surface area contributed by atoms with E-state index in [1.165, 1.54) is 28.6 Å². The van der Waals surface area contributed by atoms with Gasteiger partial charge in [-0.25, -0.2) is 4.98 Å². The number of nitro groups is 1. The molecule has 1 aliphatic rings. The molecule has 0 fully saturated rings. The van der Waals surface area contributed by atoms with E-state index in [2.05, 4.69) is 10.1 Å². The van der Waals surface area contributed by atoms with Crippen molar-refractivity contribution < 1.29 is 23.9 Å². The summed E-state index contributed by atoms with van der Waals surface area (Å²) in [5, 5.41) is 16.9. The molecule has 0 aliphatic carbocycles. The van der Waals surface area contributed by atoms with Crippen LogP contribution in [0.25, 0.3) is 10.2 Å². The summed E-state index contributed by atoms with van der Waals surface area (Å²) in [5.74, 6) is 1.27. The van der Waals surface area contributed by atoms with Crippen LogP contribution in [0.5, 0.6) is 17.2 Å². The third-order valence-electron chi connectivity index (χ3n) is 4.84. The minimum atomic E-state index is -0.471. The highest BCUT2D eigenvalue weighted by Gasteiger charge is 2.24. The number of nitrogens with zero attached hydrogens (tertiary/aromatic N) is 4. The average Bonchev–Trinajstić information content (AvgIpc) is 3.50. The van der Waals surface area contributed by atoms with E-state index < -0.39 is 10.8 Å². The molecule has 0 N–H and O–H groups in total. The molecular formula is C22H16N4O6S2. The van der Waals surface area contributed by atoms with Gasteiger partial charge in [0.15, 0.2) is 11.5 Å². The second-order valence-electron chi connectivity index (χ2n) is 6.98. The SMILES string of the molecule is COc1ccc2nc(N(/N=C/c3ccc([N+](=O)[O-])s3)C(=O)c3ccc4c(c3)OCCO4)sc2c1. The molecule has 0 saturated carbocycles. The lowest BCUT2D eigenvalue weighted by Crippen LogP contribution is -2.26. The van der Waals surface area contributed by atoms with Gasteiger partial charge in [0.25, 0.3) is 5.91 Å². The Labute approximate surface area is 200 Å². The van der Waals surface area contributed by atoms with Crippen molar-refractivity contribution in [2.75, 3.05) is 25.3 Å². The fraction of sp³-hybridized carbons (Fsp3) is 0.136. The number of anilines is 1. The number of ether oxygens (including phenoxy) is 3. The smallest absolute Gasteiger partial charge is 0.324 e. The zero-order chi connectivity index (χ0) is 23.7. The topological polar surface area (TPSA) is 116 Å². The number of hydrazone groups is 1. The molecule has 0 unspecified atom stereocenters. The molecule has 12 heteroatoms. The van der Waals surface area contributed by atoms with E-state index in [1.807, 2.05) is 6.07 Å². The van der Waals surface area contributed by atoms with Crippen LogP contribution in [-0.2, 0) is 0 Å². The predicted octanol–water partition coefficient (Wildman–Crippen LogP) is 4.73. The number of methoxy groups -OCH3 is 1. The Morgan fingerprint density at radius 1 is 1.15 bits per heavy atom. The van der Waals surface area contributed by atoms with Crippen LogP contribution >= 0.6 is 22.7 Å². The highest BCUT2D eigenvalue weighted by Crippen LogP contribution is 2.35. The van der Waals surface area contributed by atoms with E-state index in [4.69, 9.17) is 14.2 Å². The van der Waals surface area contributed by atoms with Crippen LogP contribution in [0.1, 0.15) is 15.2 Å². The summed E-state index contributed by atoms with van der Waals surface area (Å²) < 4.78 is 17.2. The monoisotopic (exact) mass is 496 g/mol. The summed E-state index contributed by atoms with van der Waals surface area (Å²) in [6.45, 7) is 0.836. The van der Waals surface area contributed by atoms with Crippen LogP contribution in [0.2, 0.25) is 0 Å². The Hall–Kier alpha value is -4.03. The highest BCUT2D eigenvalue weighted by molar-refractivity contribution is 7.22. The summed E-state index contributed by atoms with van der Waals surface area (Å²) in [4.78, 5) is 29.1. The molecule has 172 valence electrons. The molecule has 34 heavy (non-hydrogen) atoms. The van der Waals surface area contributed by atoms with E-state index in [0.717, 1.165) is 16.0 Å². The Morgan fingerprint density at radius 2 is 1.97 bits per heavy atom. The van der Waals surface area contributed by atoms with Gasteiger partial charge >= 0.3 is 5.00 Å². The Morgan fingerprint density at radius 3 is 2.74 bits per heavy atom. The maximum Gasteiger partial charge on any atom is 0.324 e. The van der Waals surface area contributed by atoms with Gasteiger partial charge in [0.1, 0.15) is 19.0 Å². The Kier molecular flexibility index (Phi) is 5.82. The first-order chi connectivity index (χ1) is 16.5. The summed E-state index contributed by atoms with van der Waals surface area (Å²) in [6.07, 6.45) is 1.40. The minimum absolute atomic E-state index is 0.0155. The van der Waals surface area contributed by atoms with Crippen LogP contribution in [-0.4, -0.2) is 42.4 Å². The third-order valence-corrected chi connectivity index (χ3v) is 6.81. The molecule has 0 radical (unpaired) electrons. The fourth-order valence-corrected chi connectivity index (χ4v) is 4.86. The largest absolute Gasteiger partial charge is 0.497 e. The number of hydrogen-bond donors (Lipinski definition) is 0. The first-order valence-corrected chi connectivity index (χ1v) is 11.6. The molecule has 4 aromatic rings. The lowest BCUT2D eigenvalue weighted by atomic mass is 10.2. The molecule has 2 aromatic carbocycles. The number of rotatable bonds is 6. The van der Waals surface area contributed by atoms with Crippen molar-refractivity contribution in [3.63, 3.8) is 0 Å². The van der Waals surface area contributed by atoms with Crippen molar-refractivity contribution in [1.82, 2.24) is 4.98 Å². The lowest BCUT2D eigenvalue weighted by molar-refractivity contribution is -0.380. The van der Waals surface area contributed by atoms with Gasteiger partial charge in [0.05, 0.1) is 33.3 Å². The number of amides is 1. The number of aromatic nitrogens is 1. The maximum absolute atomic E-state index is 13.5. The lowest BCUT2D eigenvalue weighted by Gasteiger charge is -2.19. The van der Waals surface area contributed by atoms with Gasteiger partial charge in [-0.05, 0) is 42.5 Å².